The van der Waals surface area contributed by atoms with Gasteiger partial charge in [-0.15, -0.1) is 0 Å². The highest BCUT2D eigenvalue weighted by Crippen LogP contribution is 2.19. The maximum absolute atomic E-state index is 12.9. The lowest BCUT2D eigenvalue weighted by atomic mass is 10.3. The smallest absolute Gasteiger partial charge is 0.332 e. The van der Waals surface area contributed by atoms with E-state index in [1.807, 2.05) is 6.07 Å². The summed E-state index contributed by atoms with van der Waals surface area (Å²) < 4.78 is 14.5. The zero-order valence-electron chi connectivity index (χ0n) is 19.5. The number of ether oxygens (including phenoxy) is 2. The van der Waals surface area contributed by atoms with Gasteiger partial charge < -0.3 is 19.1 Å². The van der Waals surface area contributed by atoms with Crippen molar-refractivity contribution < 1.29 is 14.6 Å². The highest BCUT2D eigenvalue weighted by molar-refractivity contribution is 5.80. The Kier molecular flexibility index (Phi) is 6.92. The molecule has 35 heavy (non-hydrogen) atoms. The minimum absolute atomic E-state index is 0.0369. The largest absolute Gasteiger partial charge is 0.497 e. The number of aliphatic hydroxyl groups excluding tert-OH is 1. The molecule has 2 N–H and O–H groups in total. The molecule has 0 aliphatic heterocycles. The molecule has 0 aliphatic rings. The number of benzene rings is 1. The summed E-state index contributed by atoms with van der Waals surface area (Å²) in [5.41, 5.74) is 2.82. The average Bonchev–Trinajstić information content (AvgIpc) is 3.24. The number of hydrogen-bond donors (Lipinski definition) is 2. The van der Waals surface area contributed by atoms with E-state index in [1.54, 1.807) is 49.8 Å². The van der Waals surface area contributed by atoms with Gasteiger partial charge in [0.2, 0.25) is 5.95 Å². The first-order valence-corrected chi connectivity index (χ1v) is 10.7. The number of aryl methyl sites for hydroxylation is 1. The molecule has 1 atom stereocenters. The van der Waals surface area contributed by atoms with E-state index in [2.05, 4.69) is 20.5 Å². The Hall–Kier alpha value is -4.45. The van der Waals surface area contributed by atoms with E-state index in [0.29, 0.717) is 11.5 Å². The van der Waals surface area contributed by atoms with Crippen LogP contribution in [0.5, 0.6) is 11.5 Å². The van der Waals surface area contributed by atoms with Crippen LogP contribution >= 0.6 is 0 Å². The summed E-state index contributed by atoms with van der Waals surface area (Å²) in [6.07, 6.45) is 3.82. The lowest BCUT2D eigenvalue weighted by Gasteiger charge is -2.15. The third-order valence-corrected chi connectivity index (χ3v) is 5.31. The highest BCUT2D eigenvalue weighted by Gasteiger charge is 2.21. The summed E-state index contributed by atoms with van der Waals surface area (Å²) in [6, 6.07) is 10.5. The highest BCUT2D eigenvalue weighted by atomic mass is 16.5. The summed E-state index contributed by atoms with van der Waals surface area (Å²) in [6.45, 7) is -0.0820. The zero-order valence-corrected chi connectivity index (χ0v) is 19.5. The molecular weight excluding hydrogens is 454 g/mol. The standard InChI is InChI=1S/C23H25N7O5/c1-28-20-19(21(32)29(2)23(28)33)30(22(26-20)27-25-12-15-5-4-10-24-11-15)13-16(31)14-35-18-8-6-17(34-3)7-9-18/h4-12,16,31H,13-14H2,1-3H3,(H,26,27)/b25-12+. The lowest BCUT2D eigenvalue weighted by Crippen LogP contribution is -2.38. The number of fused-ring (bicyclic) bond motifs is 1. The third kappa shape index (κ3) is 5.06. The predicted molar refractivity (Wildman–Crippen MR) is 130 cm³/mol. The van der Waals surface area contributed by atoms with Crippen molar-refractivity contribution >= 4 is 23.3 Å². The van der Waals surface area contributed by atoms with Gasteiger partial charge in [0.05, 0.1) is 19.9 Å². The minimum atomic E-state index is -1.00. The van der Waals surface area contributed by atoms with Gasteiger partial charge in [-0.25, -0.2) is 10.2 Å². The number of methoxy groups -OCH3 is 1. The lowest BCUT2D eigenvalue weighted by molar-refractivity contribution is 0.0938. The summed E-state index contributed by atoms with van der Waals surface area (Å²) in [5, 5.41) is 14.9. The molecule has 0 fully saturated rings. The third-order valence-electron chi connectivity index (χ3n) is 5.31. The molecule has 182 valence electrons. The van der Waals surface area contributed by atoms with Crippen molar-refractivity contribution in [1.82, 2.24) is 23.7 Å². The zero-order chi connectivity index (χ0) is 24.9. The molecule has 12 heteroatoms. The Labute approximate surface area is 199 Å². The molecule has 12 nitrogen and oxygen atoms in total. The number of hydrazone groups is 1. The van der Waals surface area contributed by atoms with Crippen molar-refractivity contribution in [3.8, 4) is 11.5 Å². The maximum Gasteiger partial charge on any atom is 0.332 e. The van der Waals surface area contributed by atoms with Gasteiger partial charge in [-0.1, -0.05) is 6.07 Å². The number of aliphatic hydroxyl groups is 1. The number of anilines is 1. The van der Waals surface area contributed by atoms with Gasteiger partial charge in [-0.2, -0.15) is 10.1 Å². The number of aromatic nitrogens is 5. The molecular formula is C23H25N7O5. The van der Waals surface area contributed by atoms with Gasteiger partial charge in [0, 0.05) is 32.1 Å². The number of pyridine rings is 1. The minimum Gasteiger partial charge on any atom is -0.497 e. The molecule has 0 bridgehead atoms. The molecule has 0 amide bonds. The second kappa shape index (κ2) is 10.2. The summed E-state index contributed by atoms with van der Waals surface area (Å²) >= 11 is 0. The fourth-order valence-electron chi connectivity index (χ4n) is 3.45. The van der Waals surface area contributed by atoms with Gasteiger partial charge >= 0.3 is 5.69 Å². The van der Waals surface area contributed by atoms with Crippen molar-refractivity contribution in [3.05, 3.63) is 75.2 Å². The van der Waals surface area contributed by atoms with Crippen LogP contribution in [0, 0.1) is 0 Å². The van der Waals surface area contributed by atoms with Crippen LogP contribution in [0.3, 0.4) is 0 Å². The molecule has 4 aromatic rings. The van der Waals surface area contributed by atoms with Crippen molar-refractivity contribution in [2.45, 2.75) is 12.6 Å². The fraction of sp³-hybridized carbons (Fsp3) is 0.261. The van der Waals surface area contributed by atoms with Gasteiger partial charge in [-0.05, 0) is 30.3 Å². The molecule has 1 aromatic carbocycles. The van der Waals surface area contributed by atoms with Gasteiger partial charge in [0.1, 0.15) is 24.2 Å². The van der Waals surface area contributed by atoms with Crippen LogP contribution in [-0.4, -0.2) is 54.8 Å². The van der Waals surface area contributed by atoms with E-state index in [9.17, 15) is 14.7 Å². The first kappa shape index (κ1) is 23.7. The van der Waals surface area contributed by atoms with Crippen LogP contribution in [0.25, 0.3) is 11.2 Å². The van der Waals surface area contributed by atoms with Crippen LogP contribution < -0.4 is 26.1 Å². The Morgan fingerprint density at radius 3 is 2.57 bits per heavy atom. The second-order valence-corrected chi connectivity index (χ2v) is 7.72. The average molecular weight is 479 g/mol. The molecule has 0 saturated carbocycles. The van der Waals surface area contributed by atoms with Crippen molar-refractivity contribution in [2.75, 3.05) is 19.1 Å². The van der Waals surface area contributed by atoms with Crippen LogP contribution in [-0.2, 0) is 20.6 Å². The van der Waals surface area contributed by atoms with Crippen molar-refractivity contribution in [3.63, 3.8) is 0 Å². The topological polar surface area (TPSA) is 138 Å². The summed E-state index contributed by atoms with van der Waals surface area (Å²) in [7, 11) is 4.48. The maximum atomic E-state index is 12.9. The molecule has 3 aromatic heterocycles. The molecule has 3 heterocycles. The van der Waals surface area contributed by atoms with Crippen molar-refractivity contribution in [1.29, 1.82) is 0 Å². The molecule has 4 rings (SSSR count). The fourth-order valence-corrected chi connectivity index (χ4v) is 3.45. The van der Waals surface area contributed by atoms with Crippen LogP contribution in [0.4, 0.5) is 5.95 Å². The Morgan fingerprint density at radius 2 is 1.89 bits per heavy atom. The first-order chi connectivity index (χ1) is 16.9. The monoisotopic (exact) mass is 479 g/mol. The number of nitrogens with zero attached hydrogens (tertiary/aromatic N) is 6. The van der Waals surface area contributed by atoms with E-state index < -0.39 is 17.4 Å². The van der Waals surface area contributed by atoms with E-state index >= 15 is 0 Å². The number of imidazole rings is 1. The Balaban J connectivity index is 1.62. The molecule has 1 unspecified atom stereocenters. The Morgan fingerprint density at radius 1 is 1.14 bits per heavy atom. The quantitative estimate of drug-likeness (QED) is 0.265. The molecule has 0 radical (unpaired) electrons. The second-order valence-electron chi connectivity index (χ2n) is 7.72. The van der Waals surface area contributed by atoms with Crippen molar-refractivity contribution in [2.24, 2.45) is 19.2 Å². The number of hydrogen-bond acceptors (Lipinski definition) is 9. The van der Waals surface area contributed by atoms with Gasteiger partial charge in [-0.3, -0.25) is 18.9 Å². The SMILES string of the molecule is COc1ccc(OCC(O)Cn2c(N/N=C/c3cccnc3)nc3c2c(=O)n(C)c(=O)n3C)cc1. The Bertz CT molecular complexity index is 1460. The molecule has 0 saturated heterocycles. The van der Waals surface area contributed by atoms with Crippen LogP contribution in [0.2, 0.25) is 0 Å². The van der Waals surface area contributed by atoms with E-state index in [1.165, 1.54) is 29.4 Å². The summed E-state index contributed by atoms with van der Waals surface area (Å²) in [5.74, 6) is 1.42. The van der Waals surface area contributed by atoms with E-state index in [4.69, 9.17) is 9.47 Å². The van der Waals surface area contributed by atoms with Gasteiger partial charge in [0.15, 0.2) is 11.2 Å². The normalized spacial score (nSPS) is 12.2. The number of nitrogens with one attached hydrogen (secondary N) is 1. The molecule has 0 aliphatic carbocycles. The van der Waals surface area contributed by atoms with E-state index in [0.717, 1.165) is 10.1 Å². The number of rotatable bonds is 9. The summed E-state index contributed by atoms with van der Waals surface area (Å²) in [4.78, 5) is 33.8. The van der Waals surface area contributed by atoms with E-state index in [-0.39, 0.29) is 30.3 Å². The molecule has 0 spiro atoms. The van der Waals surface area contributed by atoms with Gasteiger partial charge in [0.25, 0.3) is 5.56 Å². The predicted octanol–water partition coefficient (Wildman–Crippen LogP) is 0.723. The van der Waals surface area contributed by atoms with Crippen LogP contribution in [0.15, 0.2) is 63.5 Å². The van der Waals surface area contributed by atoms with Crippen LogP contribution in [0.1, 0.15) is 5.56 Å². The first-order valence-electron chi connectivity index (χ1n) is 10.7.